The highest BCUT2D eigenvalue weighted by Gasteiger charge is 2.28. The van der Waals surface area contributed by atoms with Crippen LogP contribution in [0.1, 0.15) is 13.3 Å². The highest BCUT2D eigenvalue weighted by Crippen LogP contribution is 2.09. The van der Waals surface area contributed by atoms with Crippen LogP contribution >= 0.6 is 0 Å². The number of carboxylic acid groups (broad SMARTS) is 1. The largest absolute Gasteiger partial charge is 0.481 e. The number of H-pyrrole nitrogens is 2. The van der Waals surface area contributed by atoms with Crippen molar-refractivity contribution in [2.75, 3.05) is 6.54 Å². The number of aromatic nitrogens is 2. The zero-order chi connectivity index (χ0) is 15.6. The molecule has 0 spiro atoms. The van der Waals surface area contributed by atoms with Gasteiger partial charge in [0, 0.05) is 12.7 Å². The van der Waals surface area contributed by atoms with Crippen molar-refractivity contribution < 1.29 is 23.4 Å². The maximum absolute atomic E-state index is 11.8. The standard InChI is InChI=1S/C9H13N3O7S/c1-9(17,2-6(13)14)4-11-20(18,19)5-3-10-8(16)12-7(5)15/h3,11,17H,2,4H2,1H3,(H,13,14)(H2,10,12,15,16). The van der Waals surface area contributed by atoms with Crippen molar-refractivity contribution in [1.82, 2.24) is 14.7 Å². The van der Waals surface area contributed by atoms with E-state index in [0.717, 1.165) is 6.92 Å². The van der Waals surface area contributed by atoms with Gasteiger partial charge in [0.1, 0.15) is 0 Å². The highest BCUT2D eigenvalue weighted by molar-refractivity contribution is 7.89. The van der Waals surface area contributed by atoms with Crippen LogP contribution in [-0.2, 0) is 14.8 Å². The monoisotopic (exact) mass is 307 g/mol. The second kappa shape index (κ2) is 5.56. The lowest BCUT2D eigenvalue weighted by Gasteiger charge is -2.21. The third kappa shape index (κ3) is 4.29. The summed E-state index contributed by atoms with van der Waals surface area (Å²) in [5.74, 6) is -1.31. The summed E-state index contributed by atoms with van der Waals surface area (Å²) < 4.78 is 25.5. The van der Waals surface area contributed by atoms with Crippen LogP contribution in [-0.4, -0.2) is 46.7 Å². The summed E-state index contributed by atoms with van der Waals surface area (Å²) in [7, 11) is -4.29. The van der Waals surface area contributed by atoms with E-state index in [2.05, 4.69) is 0 Å². The lowest BCUT2D eigenvalue weighted by molar-refractivity contribution is -0.141. The lowest BCUT2D eigenvalue weighted by Crippen LogP contribution is -2.43. The molecule has 0 amide bonds. The van der Waals surface area contributed by atoms with Gasteiger partial charge < -0.3 is 15.2 Å². The number of hydrogen-bond acceptors (Lipinski definition) is 6. The van der Waals surface area contributed by atoms with E-state index in [0.29, 0.717) is 6.20 Å². The Bertz CT molecular complexity index is 716. The topological polar surface area (TPSA) is 169 Å². The van der Waals surface area contributed by atoms with Gasteiger partial charge in [-0.3, -0.25) is 14.6 Å². The zero-order valence-corrected chi connectivity index (χ0v) is 11.2. The van der Waals surface area contributed by atoms with Crippen LogP contribution in [0.3, 0.4) is 0 Å². The van der Waals surface area contributed by atoms with E-state index in [9.17, 15) is 27.9 Å². The smallest absolute Gasteiger partial charge is 0.325 e. The maximum atomic E-state index is 11.8. The molecule has 0 saturated carbocycles. The van der Waals surface area contributed by atoms with Gasteiger partial charge in [-0.1, -0.05) is 0 Å². The molecule has 1 unspecified atom stereocenters. The van der Waals surface area contributed by atoms with Crippen LogP contribution in [0.2, 0.25) is 0 Å². The molecule has 10 nitrogen and oxygen atoms in total. The Morgan fingerprint density at radius 2 is 2.05 bits per heavy atom. The molecule has 0 radical (unpaired) electrons. The fraction of sp³-hybridized carbons (Fsp3) is 0.444. The summed E-state index contributed by atoms with van der Waals surface area (Å²) in [6.45, 7) is 0.515. The predicted octanol–water partition coefficient (Wildman–Crippen LogP) is -2.43. The minimum Gasteiger partial charge on any atom is -0.481 e. The van der Waals surface area contributed by atoms with Gasteiger partial charge in [-0.2, -0.15) is 0 Å². The number of carboxylic acids is 1. The van der Waals surface area contributed by atoms with Gasteiger partial charge in [-0.05, 0) is 6.92 Å². The van der Waals surface area contributed by atoms with Crippen LogP contribution in [0.4, 0.5) is 0 Å². The third-order valence-electron chi connectivity index (χ3n) is 2.25. The molecule has 0 aliphatic heterocycles. The Morgan fingerprint density at radius 1 is 1.45 bits per heavy atom. The van der Waals surface area contributed by atoms with Gasteiger partial charge in [-0.15, -0.1) is 0 Å². The normalized spacial score (nSPS) is 14.7. The van der Waals surface area contributed by atoms with E-state index >= 15 is 0 Å². The molecule has 0 aliphatic carbocycles. The van der Waals surface area contributed by atoms with Crippen LogP contribution in [0, 0.1) is 0 Å². The van der Waals surface area contributed by atoms with Gasteiger partial charge in [0.25, 0.3) is 5.56 Å². The average Bonchev–Trinajstić information content (AvgIpc) is 2.24. The Balaban J connectivity index is 2.94. The molecule has 5 N–H and O–H groups in total. The SMILES string of the molecule is CC(O)(CNS(=O)(=O)c1c[nH]c(=O)[nH]c1=O)CC(=O)O. The lowest BCUT2D eigenvalue weighted by atomic mass is 10.0. The van der Waals surface area contributed by atoms with Crippen molar-refractivity contribution in [3.05, 3.63) is 27.0 Å². The van der Waals surface area contributed by atoms with Gasteiger partial charge in [0.05, 0.1) is 12.0 Å². The number of nitrogens with one attached hydrogen (secondary N) is 3. The number of sulfonamides is 1. The summed E-state index contributed by atoms with van der Waals surface area (Å²) >= 11 is 0. The number of rotatable bonds is 6. The minimum absolute atomic E-state index is 0.611. The molecular weight excluding hydrogens is 294 g/mol. The van der Waals surface area contributed by atoms with Crippen molar-refractivity contribution in [3.8, 4) is 0 Å². The number of aliphatic hydroxyl groups is 1. The van der Waals surface area contributed by atoms with E-state index in [-0.39, 0.29) is 0 Å². The van der Waals surface area contributed by atoms with Crippen molar-refractivity contribution in [1.29, 1.82) is 0 Å². The highest BCUT2D eigenvalue weighted by atomic mass is 32.2. The van der Waals surface area contributed by atoms with Crippen molar-refractivity contribution in [3.63, 3.8) is 0 Å². The summed E-state index contributed by atoms with van der Waals surface area (Å²) in [5.41, 5.74) is -3.82. The van der Waals surface area contributed by atoms with Gasteiger partial charge >= 0.3 is 11.7 Å². The fourth-order valence-corrected chi connectivity index (χ4v) is 2.48. The summed E-state index contributed by atoms with van der Waals surface area (Å²) in [5, 5.41) is 18.2. The van der Waals surface area contributed by atoms with Crippen LogP contribution < -0.4 is 16.0 Å². The zero-order valence-electron chi connectivity index (χ0n) is 10.3. The Morgan fingerprint density at radius 3 is 2.55 bits per heavy atom. The van der Waals surface area contributed by atoms with Gasteiger partial charge in [-0.25, -0.2) is 17.9 Å². The van der Waals surface area contributed by atoms with Crippen molar-refractivity contribution in [2.24, 2.45) is 0 Å². The van der Waals surface area contributed by atoms with E-state index in [1.54, 1.807) is 4.98 Å². The number of carbonyl (C=O) groups is 1. The molecule has 1 heterocycles. The number of aromatic amines is 2. The Kier molecular flexibility index (Phi) is 4.47. The predicted molar refractivity (Wildman–Crippen MR) is 65.7 cm³/mol. The Hall–Kier alpha value is -1.98. The first-order valence-corrected chi connectivity index (χ1v) is 6.78. The van der Waals surface area contributed by atoms with Gasteiger partial charge in [0.2, 0.25) is 10.0 Å². The minimum atomic E-state index is -4.29. The molecule has 20 heavy (non-hydrogen) atoms. The number of hydrogen-bond donors (Lipinski definition) is 5. The molecule has 11 heteroatoms. The molecule has 112 valence electrons. The second-order valence-electron chi connectivity index (χ2n) is 4.33. The van der Waals surface area contributed by atoms with Crippen molar-refractivity contribution in [2.45, 2.75) is 23.8 Å². The molecule has 0 aliphatic rings. The molecule has 0 bridgehead atoms. The molecular formula is C9H13N3O7S. The Labute approximate surface area is 112 Å². The fourth-order valence-electron chi connectivity index (χ4n) is 1.31. The molecule has 1 aromatic rings. The molecule has 1 rings (SSSR count). The summed E-state index contributed by atoms with van der Waals surface area (Å²) in [4.78, 5) is 35.6. The van der Waals surface area contributed by atoms with Crippen LogP contribution in [0.15, 0.2) is 20.7 Å². The van der Waals surface area contributed by atoms with E-state index in [1.165, 1.54) is 0 Å². The van der Waals surface area contributed by atoms with E-state index in [4.69, 9.17) is 5.11 Å². The van der Waals surface area contributed by atoms with Crippen molar-refractivity contribution >= 4 is 16.0 Å². The van der Waals surface area contributed by atoms with E-state index in [1.807, 2.05) is 9.71 Å². The molecule has 0 aromatic carbocycles. The summed E-state index contributed by atoms with van der Waals surface area (Å²) in [6, 6.07) is 0. The second-order valence-corrected chi connectivity index (χ2v) is 6.06. The quantitative estimate of drug-likeness (QED) is 0.389. The van der Waals surface area contributed by atoms with Crippen LogP contribution in [0.5, 0.6) is 0 Å². The van der Waals surface area contributed by atoms with Crippen LogP contribution in [0.25, 0.3) is 0 Å². The molecule has 1 aromatic heterocycles. The van der Waals surface area contributed by atoms with Gasteiger partial charge in [0.15, 0.2) is 4.90 Å². The molecule has 1 atom stereocenters. The third-order valence-corrected chi connectivity index (χ3v) is 3.66. The number of aliphatic carboxylic acids is 1. The van der Waals surface area contributed by atoms with E-state index < -0.39 is 50.7 Å². The summed E-state index contributed by atoms with van der Waals surface area (Å²) in [6.07, 6.45) is 0.0207. The molecule has 0 saturated heterocycles. The molecule has 0 fully saturated rings. The first-order chi connectivity index (χ1) is 9.03. The first-order valence-electron chi connectivity index (χ1n) is 5.29. The maximum Gasteiger partial charge on any atom is 0.325 e. The first kappa shape index (κ1) is 16.1. The average molecular weight is 307 g/mol.